The van der Waals surface area contributed by atoms with Crippen LogP contribution < -0.4 is 5.73 Å². The Morgan fingerprint density at radius 2 is 2.04 bits per heavy atom. The highest BCUT2D eigenvalue weighted by atomic mass is 35.5. The zero-order chi connectivity index (χ0) is 19.9. The van der Waals surface area contributed by atoms with Gasteiger partial charge in [0.25, 0.3) is 0 Å². The maximum atomic E-state index is 14.1. The third-order valence-electron chi connectivity index (χ3n) is 4.35. The van der Waals surface area contributed by atoms with Crippen molar-refractivity contribution in [1.29, 1.82) is 0 Å². The molecule has 0 radical (unpaired) electrons. The lowest BCUT2D eigenvalue weighted by Crippen LogP contribution is -2.48. The van der Waals surface area contributed by atoms with Gasteiger partial charge in [-0.05, 0) is 45.0 Å². The molecular formula is C19H20ClFN4O2. The van der Waals surface area contributed by atoms with Crippen molar-refractivity contribution in [1.82, 2.24) is 14.3 Å². The van der Waals surface area contributed by atoms with Crippen molar-refractivity contribution >= 4 is 29.0 Å². The summed E-state index contributed by atoms with van der Waals surface area (Å²) in [7, 11) is 0. The van der Waals surface area contributed by atoms with E-state index >= 15 is 0 Å². The number of pyridine rings is 1. The second-order valence-corrected chi connectivity index (χ2v) is 7.64. The fourth-order valence-electron chi connectivity index (χ4n) is 3.23. The minimum atomic E-state index is -1.18. The summed E-state index contributed by atoms with van der Waals surface area (Å²) in [4.78, 5) is 17.8. The van der Waals surface area contributed by atoms with Crippen LogP contribution in [-0.2, 0) is 0 Å². The Balaban J connectivity index is 2.40. The van der Waals surface area contributed by atoms with Crippen molar-refractivity contribution in [3.05, 3.63) is 64.8 Å². The van der Waals surface area contributed by atoms with Gasteiger partial charge >= 0.3 is 6.09 Å². The van der Waals surface area contributed by atoms with Crippen molar-refractivity contribution in [2.75, 3.05) is 5.73 Å². The number of amides is 1. The molecule has 0 bridgehead atoms. The molecule has 3 aromatic rings. The molecule has 2 aromatic heterocycles. The average molecular weight is 391 g/mol. The van der Waals surface area contributed by atoms with Crippen LogP contribution in [0.1, 0.15) is 37.9 Å². The maximum absolute atomic E-state index is 14.1. The Hall–Kier alpha value is -2.80. The molecule has 1 atom stereocenters. The van der Waals surface area contributed by atoms with Crippen LogP contribution in [-0.4, -0.2) is 31.0 Å². The number of nitrogen functional groups attached to an aromatic ring is 1. The Morgan fingerprint density at radius 3 is 2.67 bits per heavy atom. The molecule has 0 fully saturated rings. The third kappa shape index (κ3) is 3.42. The molecule has 0 saturated heterocycles. The summed E-state index contributed by atoms with van der Waals surface area (Å²) < 4.78 is 15.8. The van der Waals surface area contributed by atoms with Crippen LogP contribution in [0.5, 0.6) is 0 Å². The average Bonchev–Trinajstić information content (AvgIpc) is 3.02. The lowest BCUT2D eigenvalue weighted by molar-refractivity contribution is 0.0814. The highest BCUT2D eigenvalue weighted by Gasteiger charge is 2.38. The normalized spacial score (nSPS) is 12.9. The zero-order valence-electron chi connectivity index (χ0n) is 15.1. The van der Waals surface area contributed by atoms with Gasteiger partial charge in [-0.15, -0.1) is 0 Å². The minimum absolute atomic E-state index is 0.241. The molecule has 142 valence electrons. The zero-order valence-corrected chi connectivity index (χ0v) is 15.9. The number of hydrogen-bond acceptors (Lipinski definition) is 3. The first-order chi connectivity index (χ1) is 12.6. The molecule has 1 amide bonds. The van der Waals surface area contributed by atoms with E-state index in [1.54, 1.807) is 49.8 Å². The van der Waals surface area contributed by atoms with Gasteiger partial charge < -0.3 is 15.2 Å². The molecule has 0 aliphatic carbocycles. The fourth-order valence-corrected chi connectivity index (χ4v) is 3.45. The van der Waals surface area contributed by atoms with E-state index in [4.69, 9.17) is 17.3 Å². The number of carboxylic acid groups (broad SMARTS) is 1. The predicted octanol–water partition coefficient (Wildman–Crippen LogP) is 4.58. The first kappa shape index (κ1) is 19.0. The summed E-state index contributed by atoms with van der Waals surface area (Å²) in [5.41, 5.74) is 7.00. The Bertz CT molecular complexity index is 1010. The lowest BCUT2D eigenvalue weighted by Gasteiger charge is -2.40. The van der Waals surface area contributed by atoms with Gasteiger partial charge in [-0.2, -0.15) is 0 Å². The topological polar surface area (TPSA) is 83.9 Å². The van der Waals surface area contributed by atoms with E-state index < -0.39 is 23.5 Å². The van der Waals surface area contributed by atoms with Gasteiger partial charge in [-0.3, -0.25) is 4.90 Å². The minimum Gasteiger partial charge on any atom is -0.465 e. The summed E-state index contributed by atoms with van der Waals surface area (Å²) >= 11 is 6.36. The van der Waals surface area contributed by atoms with E-state index in [2.05, 4.69) is 4.98 Å². The molecule has 0 saturated carbocycles. The van der Waals surface area contributed by atoms with Gasteiger partial charge in [0.05, 0.1) is 6.04 Å². The number of benzene rings is 1. The Kier molecular flexibility index (Phi) is 4.73. The largest absolute Gasteiger partial charge is 0.465 e. The number of anilines is 1. The van der Waals surface area contributed by atoms with E-state index in [0.29, 0.717) is 22.5 Å². The summed E-state index contributed by atoms with van der Waals surface area (Å²) in [5, 5.41) is 10.2. The number of carbonyl (C=O) groups is 1. The second kappa shape index (κ2) is 6.74. The molecular weight excluding hydrogens is 371 g/mol. The second-order valence-electron chi connectivity index (χ2n) is 7.23. The number of aromatic nitrogens is 2. The van der Waals surface area contributed by atoms with Crippen LogP contribution >= 0.6 is 11.6 Å². The standard InChI is InChI=1S/C19H20ClFN4O2/c1-19(2,3)25(18(26)27)16(12-10-11(21)4-5-13(12)20)15-14(22)6-8-24-9-7-23-17(15)24/h4-10,16H,22H2,1-3H3,(H,26,27). The quantitative estimate of drug-likeness (QED) is 0.685. The monoisotopic (exact) mass is 390 g/mol. The fraction of sp³-hybridized carbons (Fsp3) is 0.263. The summed E-state index contributed by atoms with van der Waals surface area (Å²) in [6, 6.07) is 4.58. The van der Waals surface area contributed by atoms with Crippen LogP contribution in [0.25, 0.3) is 5.65 Å². The number of nitrogens with zero attached hydrogens (tertiary/aromatic N) is 3. The SMILES string of the molecule is CC(C)(C)N(C(=O)O)C(c1cc(F)ccc1Cl)c1c(N)ccn2ccnc12. The summed E-state index contributed by atoms with van der Waals surface area (Å²) in [6.45, 7) is 5.26. The number of imidazole rings is 1. The molecule has 6 nitrogen and oxygen atoms in total. The van der Waals surface area contributed by atoms with Gasteiger partial charge in [0, 0.05) is 46.0 Å². The first-order valence-electron chi connectivity index (χ1n) is 8.29. The van der Waals surface area contributed by atoms with Crippen LogP contribution in [0.4, 0.5) is 14.9 Å². The van der Waals surface area contributed by atoms with Gasteiger partial charge in [0.2, 0.25) is 0 Å². The maximum Gasteiger partial charge on any atom is 0.408 e. The Labute approximate surface area is 161 Å². The molecule has 0 aliphatic rings. The molecule has 1 unspecified atom stereocenters. The summed E-state index contributed by atoms with van der Waals surface area (Å²) in [6.07, 6.45) is 3.86. The number of fused-ring (bicyclic) bond motifs is 1. The van der Waals surface area contributed by atoms with Crippen LogP contribution in [0.15, 0.2) is 42.9 Å². The van der Waals surface area contributed by atoms with E-state index in [0.717, 1.165) is 0 Å². The van der Waals surface area contributed by atoms with Crippen molar-refractivity contribution < 1.29 is 14.3 Å². The van der Waals surface area contributed by atoms with E-state index in [9.17, 15) is 14.3 Å². The molecule has 1 aromatic carbocycles. The molecule has 3 rings (SSSR count). The molecule has 27 heavy (non-hydrogen) atoms. The van der Waals surface area contributed by atoms with Crippen molar-refractivity contribution in [2.45, 2.75) is 32.4 Å². The molecule has 8 heteroatoms. The highest BCUT2D eigenvalue weighted by molar-refractivity contribution is 6.31. The number of nitrogens with two attached hydrogens (primary N) is 1. The Morgan fingerprint density at radius 1 is 1.33 bits per heavy atom. The van der Waals surface area contributed by atoms with Crippen LogP contribution in [0.2, 0.25) is 5.02 Å². The van der Waals surface area contributed by atoms with E-state index in [1.807, 2.05) is 0 Å². The predicted molar refractivity (Wildman–Crippen MR) is 102 cm³/mol. The van der Waals surface area contributed by atoms with Gasteiger partial charge in [0.1, 0.15) is 11.5 Å². The molecule has 0 spiro atoms. The van der Waals surface area contributed by atoms with Crippen LogP contribution in [0.3, 0.4) is 0 Å². The van der Waals surface area contributed by atoms with E-state index in [1.165, 1.54) is 23.1 Å². The summed E-state index contributed by atoms with van der Waals surface area (Å²) in [5.74, 6) is -0.521. The van der Waals surface area contributed by atoms with Crippen molar-refractivity contribution in [2.24, 2.45) is 0 Å². The number of halogens is 2. The highest BCUT2D eigenvalue weighted by Crippen LogP contribution is 2.41. The van der Waals surface area contributed by atoms with Crippen molar-refractivity contribution in [3.8, 4) is 0 Å². The molecule has 2 heterocycles. The number of hydrogen-bond donors (Lipinski definition) is 2. The van der Waals surface area contributed by atoms with Crippen LogP contribution in [0, 0.1) is 5.82 Å². The molecule has 0 aliphatic heterocycles. The van der Waals surface area contributed by atoms with Gasteiger partial charge in [0.15, 0.2) is 0 Å². The van der Waals surface area contributed by atoms with Crippen molar-refractivity contribution in [3.63, 3.8) is 0 Å². The van der Waals surface area contributed by atoms with Gasteiger partial charge in [-0.25, -0.2) is 14.2 Å². The van der Waals surface area contributed by atoms with E-state index in [-0.39, 0.29) is 5.02 Å². The molecule has 3 N–H and O–H groups in total. The third-order valence-corrected chi connectivity index (χ3v) is 4.69. The lowest BCUT2D eigenvalue weighted by atomic mass is 9.92. The number of rotatable bonds is 3. The first-order valence-corrected chi connectivity index (χ1v) is 8.67. The smallest absolute Gasteiger partial charge is 0.408 e. The van der Waals surface area contributed by atoms with Gasteiger partial charge in [-0.1, -0.05) is 11.6 Å².